The number of fused-ring (bicyclic) bond motifs is 1. The lowest BCUT2D eigenvalue weighted by Crippen LogP contribution is -2.40. The van der Waals surface area contributed by atoms with E-state index in [1.54, 1.807) is 22.7 Å². The van der Waals surface area contributed by atoms with Crippen LogP contribution >= 0.6 is 23.5 Å². The van der Waals surface area contributed by atoms with Crippen molar-refractivity contribution in [2.75, 3.05) is 11.9 Å². The number of carbonyl (C=O) groups excluding carboxylic acids is 1. The van der Waals surface area contributed by atoms with Crippen LogP contribution < -0.4 is 4.90 Å². The van der Waals surface area contributed by atoms with E-state index in [0.717, 1.165) is 59.8 Å². The number of rotatable bonds is 2. The molecule has 3 aliphatic rings. The molecule has 33 heavy (non-hydrogen) atoms. The normalized spacial score (nSPS) is 23.0. The fourth-order valence-corrected chi connectivity index (χ4v) is 6.82. The predicted octanol–water partition coefficient (Wildman–Crippen LogP) is 7.01. The minimum Gasteiger partial charge on any atom is -0.337 e. The number of carbonyl (C=O) groups is 1. The largest absolute Gasteiger partial charge is 0.416 e. The number of amides is 1. The first-order chi connectivity index (χ1) is 15.8. The lowest BCUT2D eigenvalue weighted by Gasteiger charge is -2.30. The molecule has 1 saturated heterocycles. The summed E-state index contributed by atoms with van der Waals surface area (Å²) in [5.41, 5.74) is 0.483. The van der Waals surface area contributed by atoms with E-state index in [1.807, 2.05) is 36.2 Å². The first-order valence-electron chi connectivity index (χ1n) is 10.8. The Morgan fingerprint density at radius 2 is 1.76 bits per heavy atom. The molecule has 0 N–H and O–H groups in total. The van der Waals surface area contributed by atoms with Crippen LogP contribution in [0.4, 0.5) is 24.5 Å². The highest BCUT2D eigenvalue weighted by Gasteiger charge is 2.42. The van der Waals surface area contributed by atoms with Gasteiger partial charge in [0.05, 0.1) is 22.0 Å². The number of thioether (sulfide) groups is 2. The smallest absolute Gasteiger partial charge is 0.337 e. The molecule has 5 rings (SSSR count). The molecule has 2 fully saturated rings. The summed E-state index contributed by atoms with van der Waals surface area (Å²) in [6, 6.07) is 12.9. The summed E-state index contributed by atoms with van der Waals surface area (Å²) >= 11 is 2.80. The van der Waals surface area contributed by atoms with Gasteiger partial charge >= 0.3 is 6.18 Å². The van der Waals surface area contributed by atoms with E-state index in [9.17, 15) is 18.0 Å². The number of hydrogen-bond acceptors (Lipinski definition) is 5. The van der Waals surface area contributed by atoms with Gasteiger partial charge in [0.2, 0.25) is 0 Å². The molecule has 1 saturated carbocycles. The molecule has 0 atom stereocenters. The van der Waals surface area contributed by atoms with E-state index in [4.69, 9.17) is 0 Å². The van der Waals surface area contributed by atoms with Crippen molar-refractivity contribution in [3.63, 3.8) is 0 Å². The topological polar surface area (TPSA) is 35.9 Å². The second-order valence-corrected chi connectivity index (χ2v) is 10.3. The first-order valence-corrected chi connectivity index (χ1v) is 12.5. The zero-order valence-electron chi connectivity index (χ0n) is 17.9. The highest BCUT2D eigenvalue weighted by atomic mass is 32.2. The second-order valence-electron chi connectivity index (χ2n) is 8.27. The molecule has 2 aromatic rings. The summed E-state index contributed by atoms with van der Waals surface area (Å²) in [6.45, 7) is 0. The van der Waals surface area contributed by atoms with Gasteiger partial charge in [-0.2, -0.15) is 13.2 Å². The third kappa shape index (κ3) is 4.28. The molecule has 0 aromatic heterocycles. The Balaban J connectivity index is 1.55. The Labute approximate surface area is 198 Å². The Hall–Kier alpha value is -2.39. The molecule has 2 aromatic carbocycles. The average Bonchev–Trinajstić information content (AvgIpc) is 3.30. The summed E-state index contributed by atoms with van der Waals surface area (Å²) < 4.78 is 39.6. The molecule has 0 bridgehead atoms. The second kappa shape index (κ2) is 8.76. The van der Waals surface area contributed by atoms with Gasteiger partial charge in [-0.15, -0.1) is 0 Å². The first kappa shape index (κ1) is 22.4. The van der Waals surface area contributed by atoms with Crippen LogP contribution in [0, 0.1) is 0 Å². The summed E-state index contributed by atoms with van der Waals surface area (Å²) in [5.74, 6) is -0.111. The van der Waals surface area contributed by atoms with Crippen molar-refractivity contribution in [1.29, 1.82) is 0 Å². The maximum absolute atomic E-state index is 13.7. The highest BCUT2D eigenvalue weighted by Crippen LogP contribution is 2.50. The van der Waals surface area contributed by atoms with Crippen molar-refractivity contribution in [2.45, 2.75) is 49.2 Å². The standard InChI is InChI=1S/C24H22F3N3OS2/c1-29-18-12-5-6-13-19(18)32-22(29)20-21(31)30(17-10-3-2-4-11-17)23(33-20)28-16-9-7-8-15(14-16)24(25,26)27/h5-9,12-14,17H,2-4,10-11H2,1H3/b22-20-,28-23?. The molecule has 2 heterocycles. The lowest BCUT2D eigenvalue weighted by atomic mass is 9.94. The average molecular weight is 490 g/mol. The maximum atomic E-state index is 13.7. The van der Waals surface area contributed by atoms with Crippen molar-refractivity contribution in [1.82, 2.24) is 4.90 Å². The lowest BCUT2D eigenvalue weighted by molar-refractivity contribution is -0.137. The summed E-state index contributed by atoms with van der Waals surface area (Å²) in [6.07, 6.45) is 0.497. The third-order valence-electron chi connectivity index (χ3n) is 6.08. The van der Waals surface area contributed by atoms with Crippen LogP contribution in [0.2, 0.25) is 0 Å². The zero-order valence-corrected chi connectivity index (χ0v) is 19.6. The van der Waals surface area contributed by atoms with Crippen LogP contribution in [0.3, 0.4) is 0 Å². The fraction of sp³-hybridized carbons (Fsp3) is 0.333. The molecule has 172 valence electrons. The number of anilines is 1. The Kier molecular flexibility index (Phi) is 5.95. The number of halogens is 3. The van der Waals surface area contributed by atoms with E-state index < -0.39 is 11.7 Å². The molecular weight excluding hydrogens is 467 g/mol. The van der Waals surface area contributed by atoms with E-state index >= 15 is 0 Å². The molecule has 0 spiro atoms. The van der Waals surface area contributed by atoms with Crippen LogP contribution in [-0.4, -0.2) is 29.1 Å². The van der Waals surface area contributed by atoms with E-state index in [2.05, 4.69) is 4.99 Å². The SMILES string of the molecule is CN1/C(=C2/SC(=Nc3cccc(C(F)(F)F)c3)N(C3CCCCC3)C2=O)Sc2ccccc21. The van der Waals surface area contributed by atoms with Crippen LogP contribution in [0.1, 0.15) is 37.7 Å². The Bertz CT molecular complexity index is 1160. The number of alkyl halides is 3. The van der Waals surface area contributed by atoms with Crippen molar-refractivity contribution in [2.24, 2.45) is 4.99 Å². The highest BCUT2D eigenvalue weighted by molar-refractivity contribution is 8.19. The summed E-state index contributed by atoms with van der Waals surface area (Å²) in [7, 11) is 1.93. The molecule has 4 nitrogen and oxygen atoms in total. The van der Waals surface area contributed by atoms with Crippen molar-refractivity contribution < 1.29 is 18.0 Å². The molecule has 1 amide bonds. The maximum Gasteiger partial charge on any atom is 0.416 e. The van der Waals surface area contributed by atoms with Crippen molar-refractivity contribution in [3.05, 3.63) is 64.0 Å². The molecule has 2 aliphatic heterocycles. The fourth-order valence-electron chi connectivity index (χ4n) is 4.42. The van der Waals surface area contributed by atoms with E-state index in [0.29, 0.717) is 10.1 Å². The van der Waals surface area contributed by atoms with Crippen LogP contribution in [0.15, 0.2) is 68.4 Å². The van der Waals surface area contributed by atoms with Gasteiger partial charge in [0.1, 0.15) is 4.91 Å². The number of benzene rings is 2. The minimum absolute atomic E-state index is 0.0143. The predicted molar refractivity (Wildman–Crippen MR) is 128 cm³/mol. The van der Waals surface area contributed by atoms with Crippen LogP contribution in [0.5, 0.6) is 0 Å². The zero-order chi connectivity index (χ0) is 23.2. The van der Waals surface area contributed by atoms with Gasteiger partial charge in [0, 0.05) is 18.0 Å². The number of para-hydroxylation sites is 1. The Morgan fingerprint density at radius 1 is 1.00 bits per heavy atom. The van der Waals surface area contributed by atoms with Gasteiger partial charge in [0.25, 0.3) is 5.91 Å². The summed E-state index contributed by atoms with van der Waals surface area (Å²) in [5, 5.41) is 1.29. The number of hydrogen-bond donors (Lipinski definition) is 0. The number of nitrogens with zero attached hydrogens (tertiary/aromatic N) is 3. The van der Waals surface area contributed by atoms with Gasteiger partial charge in [-0.1, -0.05) is 49.2 Å². The van der Waals surface area contributed by atoms with Gasteiger partial charge in [0.15, 0.2) is 5.17 Å². The Morgan fingerprint density at radius 3 is 2.48 bits per heavy atom. The molecule has 9 heteroatoms. The van der Waals surface area contributed by atoms with Crippen LogP contribution in [0.25, 0.3) is 0 Å². The van der Waals surface area contributed by atoms with Gasteiger partial charge < -0.3 is 4.90 Å². The molecular formula is C24H22F3N3OS2. The molecule has 0 unspecified atom stereocenters. The van der Waals surface area contributed by atoms with Gasteiger partial charge in [-0.05, 0) is 54.9 Å². The third-order valence-corrected chi connectivity index (χ3v) is 8.49. The number of amidine groups is 1. The van der Waals surface area contributed by atoms with E-state index in [1.165, 1.54) is 17.8 Å². The molecule has 0 radical (unpaired) electrons. The van der Waals surface area contributed by atoms with Gasteiger partial charge in [-0.25, -0.2) is 4.99 Å². The van der Waals surface area contributed by atoms with Crippen molar-refractivity contribution in [3.8, 4) is 0 Å². The number of aliphatic imine (C=N–C) groups is 1. The van der Waals surface area contributed by atoms with Gasteiger partial charge in [-0.3, -0.25) is 9.69 Å². The quantitative estimate of drug-likeness (QED) is 0.425. The monoisotopic (exact) mass is 489 g/mol. The van der Waals surface area contributed by atoms with E-state index in [-0.39, 0.29) is 17.6 Å². The molecule has 1 aliphatic carbocycles. The van der Waals surface area contributed by atoms with Crippen LogP contribution in [-0.2, 0) is 11.0 Å². The summed E-state index contributed by atoms with van der Waals surface area (Å²) in [4.78, 5) is 23.6. The van der Waals surface area contributed by atoms with Crippen molar-refractivity contribution >= 4 is 46.0 Å². The minimum atomic E-state index is -4.44.